The van der Waals surface area contributed by atoms with Crippen molar-refractivity contribution in [3.8, 4) is 0 Å². The van der Waals surface area contributed by atoms with Gasteiger partial charge in [-0.15, -0.1) is 0 Å². The molecule has 0 bridgehead atoms. The molecule has 6 nitrogen and oxygen atoms in total. The minimum Gasteiger partial charge on any atom is -0.481 e. The van der Waals surface area contributed by atoms with E-state index in [1.54, 1.807) is 11.8 Å². The smallest absolute Gasteiger partial charge is 0.317 e. The van der Waals surface area contributed by atoms with Crippen LogP contribution >= 0.6 is 0 Å². The van der Waals surface area contributed by atoms with Crippen molar-refractivity contribution in [3.63, 3.8) is 0 Å². The molecular formula is C13H22N2O4. The van der Waals surface area contributed by atoms with Gasteiger partial charge < -0.3 is 20.4 Å². The topological polar surface area (TPSA) is 89.9 Å². The van der Waals surface area contributed by atoms with E-state index in [9.17, 15) is 14.7 Å². The zero-order chi connectivity index (χ0) is 14.0. The summed E-state index contributed by atoms with van der Waals surface area (Å²) in [4.78, 5) is 25.2. The number of nitrogens with one attached hydrogen (secondary N) is 1. The second kappa shape index (κ2) is 5.36. The van der Waals surface area contributed by atoms with Gasteiger partial charge in [-0.1, -0.05) is 6.42 Å². The van der Waals surface area contributed by atoms with Crippen molar-refractivity contribution in [2.75, 3.05) is 13.2 Å². The molecule has 0 aromatic heterocycles. The number of hydrogen-bond donors (Lipinski definition) is 3. The largest absolute Gasteiger partial charge is 0.481 e. The fourth-order valence-electron chi connectivity index (χ4n) is 2.83. The number of aliphatic hydroxyl groups excluding tert-OH is 1. The highest BCUT2D eigenvalue weighted by Gasteiger charge is 2.46. The fraction of sp³-hybridized carbons (Fsp3) is 0.846. The van der Waals surface area contributed by atoms with Gasteiger partial charge in [0.1, 0.15) is 0 Å². The summed E-state index contributed by atoms with van der Waals surface area (Å²) in [5, 5.41) is 21.2. The SMILES string of the molecule is CC1(C(=O)O)CCCC1NC(=O)N(CCO)C1CC1. The molecule has 0 aromatic carbocycles. The lowest BCUT2D eigenvalue weighted by Crippen LogP contribution is -2.52. The van der Waals surface area contributed by atoms with Crippen LogP contribution in [-0.2, 0) is 4.79 Å². The third kappa shape index (κ3) is 2.83. The summed E-state index contributed by atoms with van der Waals surface area (Å²) in [6, 6.07) is -0.349. The van der Waals surface area contributed by atoms with Crippen LogP contribution in [0.15, 0.2) is 0 Å². The van der Waals surface area contributed by atoms with E-state index >= 15 is 0 Å². The standard InChI is InChI=1S/C13H22N2O4/c1-13(11(17)18)6-2-3-10(13)14-12(19)15(7-8-16)9-4-5-9/h9-10,16H,2-8H2,1H3,(H,14,19)(H,17,18). The van der Waals surface area contributed by atoms with Crippen molar-refractivity contribution in [3.05, 3.63) is 0 Å². The molecule has 2 unspecified atom stereocenters. The molecule has 2 aliphatic rings. The van der Waals surface area contributed by atoms with Crippen molar-refractivity contribution in [1.29, 1.82) is 0 Å². The third-order valence-electron chi connectivity index (χ3n) is 4.33. The molecule has 6 heteroatoms. The average Bonchev–Trinajstić information content (AvgIpc) is 3.12. The number of carbonyl (C=O) groups is 2. The number of carboxylic acid groups (broad SMARTS) is 1. The van der Waals surface area contributed by atoms with E-state index in [4.69, 9.17) is 5.11 Å². The van der Waals surface area contributed by atoms with E-state index < -0.39 is 11.4 Å². The Hall–Kier alpha value is -1.30. The second-order valence-electron chi connectivity index (χ2n) is 5.77. The minimum absolute atomic E-state index is 0.0647. The first-order valence-corrected chi connectivity index (χ1v) is 6.90. The second-order valence-corrected chi connectivity index (χ2v) is 5.77. The van der Waals surface area contributed by atoms with Gasteiger partial charge in [0.25, 0.3) is 0 Å². The van der Waals surface area contributed by atoms with Crippen LogP contribution in [0.2, 0.25) is 0 Å². The molecule has 2 fully saturated rings. The van der Waals surface area contributed by atoms with Crippen LogP contribution in [0.25, 0.3) is 0 Å². The van der Waals surface area contributed by atoms with Gasteiger partial charge in [0.15, 0.2) is 0 Å². The van der Waals surface area contributed by atoms with Gasteiger partial charge in [-0.2, -0.15) is 0 Å². The van der Waals surface area contributed by atoms with E-state index in [0.29, 0.717) is 19.4 Å². The highest BCUT2D eigenvalue weighted by atomic mass is 16.4. The lowest BCUT2D eigenvalue weighted by Gasteiger charge is -2.30. The Morgan fingerprint density at radius 2 is 2.05 bits per heavy atom. The molecule has 2 atom stereocenters. The van der Waals surface area contributed by atoms with Gasteiger partial charge in [0, 0.05) is 18.6 Å². The number of carboxylic acids is 1. The molecule has 0 radical (unpaired) electrons. The molecular weight excluding hydrogens is 248 g/mol. The first kappa shape index (κ1) is 14.1. The minimum atomic E-state index is -0.871. The average molecular weight is 270 g/mol. The molecule has 2 saturated carbocycles. The molecule has 0 aromatic rings. The molecule has 0 aliphatic heterocycles. The number of urea groups is 1. The Kier molecular flexibility index (Phi) is 3.99. The fourth-order valence-corrected chi connectivity index (χ4v) is 2.83. The van der Waals surface area contributed by atoms with Crippen molar-refractivity contribution < 1.29 is 19.8 Å². The summed E-state index contributed by atoms with van der Waals surface area (Å²) in [6.45, 7) is 1.94. The van der Waals surface area contributed by atoms with Gasteiger partial charge in [0.05, 0.1) is 12.0 Å². The Morgan fingerprint density at radius 1 is 1.37 bits per heavy atom. The van der Waals surface area contributed by atoms with Gasteiger partial charge in [-0.05, 0) is 32.6 Å². The zero-order valence-corrected chi connectivity index (χ0v) is 11.3. The molecule has 0 heterocycles. The molecule has 3 N–H and O–H groups in total. The van der Waals surface area contributed by atoms with Crippen molar-refractivity contribution >= 4 is 12.0 Å². The number of nitrogens with zero attached hydrogens (tertiary/aromatic N) is 1. The van der Waals surface area contributed by atoms with Crippen LogP contribution in [0, 0.1) is 5.41 Å². The quantitative estimate of drug-likeness (QED) is 0.689. The zero-order valence-electron chi connectivity index (χ0n) is 11.3. The normalized spacial score (nSPS) is 30.1. The number of amides is 2. The summed E-state index contributed by atoms with van der Waals surface area (Å²) in [7, 11) is 0. The maximum atomic E-state index is 12.2. The Labute approximate surface area is 112 Å². The monoisotopic (exact) mass is 270 g/mol. The number of aliphatic carboxylic acids is 1. The van der Waals surface area contributed by atoms with Crippen LogP contribution in [0.1, 0.15) is 39.0 Å². The van der Waals surface area contributed by atoms with Gasteiger partial charge in [0.2, 0.25) is 0 Å². The van der Waals surface area contributed by atoms with E-state index in [-0.39, 0.29) is 24.7 Å². The summed E-state index contributed by atoms with van der Waals surface area (Å²) in [5.41, 5.74) is -0.871. The van der Waals surface area contributed by atoms with Crippen LogP contribution in [0.5, 0.6) is 0 Å². The molecule has 19 heavy (non-hydrogen) atoms. The van der Waals surface area contributed by atoms with Crippen molar-refractivity contribution in [1.82, 2.24) is 10.2 Å². The first-order valence-electron chi connectivity index (χ1n) is 6.90. The summed E-state index contributed by atoms with van der Waals surface area (Å²) < 4.78 is 0. The predicted octanol–water partition coefficient (Wildman–Crippen LogP) is 0.796. The lowest BCUT2D eigenvalue weighted by atomic mass is 9.85. The summed E-state index contributed by atoms with van der Waals surface area (Å²) in [5.74, 6) is -0.851. The third-order valence-corrected chi connectivity index (χ3v) is 4.33. The molecule has 0 spiro atoms. The van der Waals surface area contributed by atoms with Crippen molar-refractivity contribution in [2.45, 2.75) is 51.1 Å². The van der Waals surface area contributed by atoms with Crippen molar-refractivity contribution in [2.24, 2.45) is 5.41 Å². The van der Waals surface area contributed by atoms with Crippen LogP contribution in [0.4, 0.5) is 4.79 Å². The number of rotatable bonds is 5. The summed E-state index contributed by atoms with van der Waals surface area (Å²) in [6.07, 6.45) is 4.04. The van der Waals surface area contributed by atoms with E-state index in [1.165, 1.54) is 0 Å². The maximum absolute atomic E-state index is 12.2. The molecule has 2 aliphatic carbocycles. The highest BCUT2D eigenvalue weighted by Crippen LogP contribution is 2.38. The lowest BCUT2D eigenvalue weighted by molar-refractivity contribution is -0.148. The molecule has 0 saturated heterocycles. The Bertz CT molecular complexity index is 370. The van der Waals surface area contributed by atoms with Crippen LogP contribution < -0.4 is 5.32 Å². The van der Waals surface area contributed by atoms with E-state index in [2.05, 4.69) is 5.32 Å². The van der Waals surface area contributed by atoms with Crippen LogP contribution in [-0.4, -0.2) is 52.3 Å². The summed E-state index contributed by atoms with van der Waals surface area (Å²) >= 11 is 0. The van der Waals surface area contributed by atoms with E-state index in [1.807, 2.05) is 0 Å². The maximum Gasteiger partial charge on any atom is 0.317 e. The van der Waals surface area contributed by atoms with Crippen LogP contribution in [0.3, 0.4) is 0 Å². The molecule has 2 amide bonds. The van der Waals surface area contributed by atoms with Gasteiger partial charge >= 0.3 is 12.0 Å². The molecule has 108 valence electrons. The number of aliphatic hydroxyl groups is 1. The van der Waals surface area contributed by atoms with Gasteiger partial charge in [-0.25, -0.2) is 4.79 Å². The van der Waals surface area contributed by atoms with Gasteiger partial charge in [-0.3, -0.25) is 4.79 Å². The Balaban J connectivity index is 1.99. The number of hydrogen-bond acceptors (Lipinski definition) is 3. The predicted molar refractivity (Wildman–Crippen MR) is 68.7 cm³/mol. The Morgan fingerprint density at radius 3 is 2.58 bits per heavy atom. The number of carbonyl (C=O) groups excluding carboxylic acids is 1. The highest BCUT2D eigenvalue weighted by molar-refractivity contribution is 5.79. The molecule has 2 rings (SSSR count). The first-order chi connectivity index (χ1) is 8.99. The van der Waals surface area contributed by atoms with E-state index in [0.717, 1.165) is 19.3 Å².